The molecule has 3 aliphatic rings. The molecule has 0 unspecified atom stereocenters. The van der Waals surface area contributed by atoms with E-state index in [9.17, 15) is 18.0 Å². The molecule has 9 heteroatoms. The molecule has 0 saturated carbocycles. The molecule has 2 atom stereocenters. The van der Waals surface area contributed by atoms with Gasteiger partial charge in [0, 0.05) is 26.2 Å². The Morgan fingerprint density at radius 3 is 2.37 bits per heavy atom. The van der Waals surface area contributed by atoms with E-state index in [4.69, 9.17) is 0 Å². The van der Waals surface area contributed by atoms with Gasteiger partial charge in [0.05, 0.1) is 11.6 Å². The fraction of sp³-hybridized carbons (Fsp3) is 0.462. The van der Waals surface area contributed by atoms with E-state index in [1.54, 1.807) is 12.1 Å². The fourth-order valence-corrected chi connectivity index (χ4v) is 6.80. The summed E-state index contributed by atoms with van der Waals surface area (Å²) in [5.41, 5.74) is 2.14. The lowest BCUT2D eigenvalue weighted by molar-refractivity contribution is -0.133. The third-order valence-corrected chi connectivity index (χ3v) is 9.71. The van der Waals surface area contributed by atoms with Crippen molar-refractivity contribution in [3.63, 3.8) is 0 Å². The molecule has 35 heavy (non-hydrogen) atoms. The second kappa shape index (κ2) is 9.04. The number of hydrogen-bond acceptors (Lipinski definition) is 5. The summed E-state index contributed by atoms with van der Waals surface area (Å²) in [5.74, 6) is 0.168. The van der Waals surface area contributed by atoms with Crippen molar-refractivity contribution in [2.45, 2.75) is 49.5 Å². The van der Waals surface area contributed by atoms with Crippen molar-refractivity contribution in [3.8, 4) is 0 Å². The highest BCUT2D eigenvalue weighted by Crippen LogP contribution is 2.41. The molecule has 1 spiro atoms. The smallest absolute Gasteiger partial charge is 0.319 e. The second-order valence-electron chi connectivity index (χ2n) is 9.77. The number of carbonyl (C=O) groups excluding carboxylic acids is 2. The average Bonchev–Trinajstić information content (AvgIpc) is 3.36. The van der Waals surface area contributed by atoms with Gasteiger partial charge in [0.25, 0.3) is 5.91 Å². The summed E-state index contributed by atoms with van der Waals surface area (Å²) in [5, 5.41) is 2.95. The number of piperazine rings is 1. The Morgan fingerprint density at radius 2 is 1.69 bits per heavy atom. The van der Waals surface area contributed by atoms with E-state index in [1.807, 2.05) is 41.3 Å². The summed E-state index contributed by atoms with van der Waals surface area (Å²) in [4.78, 5) is 29.7. The number of imide groups is 1. The Hall–Kier alpha value is -2.75. The normalized spacial score (nSPS) is 24.1. The van der Waals surface area contributed by atoms with Crippen molar-refractivity contribution in [2.24, 2.45) is 0 Å². The zero-order valence-electron chi connectivity index (χ0n) is 20.2. The Bertz CT molecular complexity index is 1240. The van der Waals surface area contributed by atoms with Crippen molar-refractivity contribution in [1.82, 2.24) is 19.4 Å². The number of fused-ring (bicyclic) bond motifs is 2. The minimum atomic E-state index is -3.59. The van der Waals surface area contributed by atoms with Crippen LogP contribution in [0, 0.1) is 0 Å². The van der Waals surface area contributed by atoms with Crippen molar-refractivity contribution in [2.75, 3.05) is 32.8 Å². The van der Waals surface area contributed by atoms with Crippen LogP contribution in [0.5, 0.6) is 0 Å². The van der Waals surface area contributed by atoms with E-state index >= 15 is 0 Å². The van der Waals surface area contributed by atoms with Crippen molar-refractivity contribution in [3.05, 3.63) is 65.2 Å². The fourth-order valence-electron chi connectivity index (χ4n) is 5.38. The van der Waals surface area contributed by atoms with Crippen LogP contribution < -0.4 is 5.32 Å². The van der Waals surface area contributed by atoms with Crippen LogP contribution in [0.3, 0.4) is 0 Å². The molecule has 2 aromatic rings. The number of urea groups is 1. The van der Waals surface area contributed by atoms with E-state index in [1.165, 1.54) is 9.21 Å². The van der Waals surface area contributed by atoms with Crippen molar-refractivity contribution in [1.29, 1.82) is 0 Å². The third-order valence-electron chi connectivity index (χ3n) is 7.79. The number of rotatable bonds is 6. The first-order valence-corrected chi connectivity index (χ1v) is 13.8. The first-order valence-electron chi connectivity index (χ1n) is 12.3. The molecule has 2 aliphatic heterocycles. The van der Waals surface area contributed by atoms with Crippen LogP contribution in [0.15, 0.2) is 53.4 Å². The minimum absolute atomic E-state index is 0.159. The molecule has 2 aromatic carbocycles. The summed E-state index contributed by atoms with van der Waals surface area (Å²) in [6.07, 6.45) is 2.32. The summed E-state index contributed by atoms with van der Waals surface area (Å²) in [7, 11) is -3.59. The van der Waals surface area contributed by atoms with Gasteiger partial charge in [-0.1, -0.05) is 50.2 Å². The van der Waals surface area contributed by atoms with Gasteiger partial charge in [0.15, 0.2) is 0 Å². The van der Waals surface area contributed by atoms with Gasteiger partial charge in [0.1, 0.15) is 5.54 Å². The number of nitrogens with one attached hydrogen (secondary N) is 1. The number of sulfonamides is 1. The van der Waals surface area contributed by atoms with Gasteiger partial charge in [-0.15, -0.1) is 0 Å². The van der Waals surface area contributed by atoms with Gasteiger partial charge in [-0.05, 0) is 54.0 Å². The number of carbonyl (C=O) groups is 2. The van der Waals surface area contributed by atoms with Crippen molar-refractivity contribution < 1.29 is 18.0 Å². The molecular formula is C26H32N4O4S. The molecule has 2 heterocycles. The highest BCUT2D eigenvalue weighted by molar-refractivity contribution is 7.89. The first kappa shape index (κ1) is 24.0. The van der Waals surface area contributed by atoms with Crippen LogP contribution in [0.4, 0.5) is 4.79 Å². The molecule has 1 aliphatic carbocycles. The van der Waals surface area contributed by atoms with Crippen LogP contribution in [-0.4, -0.2) is 67.3 Å². The number of amides is 3. The quantitative estimate of drug-likeness (QED) is 0.621. The summed E-state index contributed by atoms with van der Waals surface area (Å²) in [6, 6.07) is 14.5. The predicted molar refractivity (Wildman–Crippen MR) is 132 cm³/mol. The standard InChI is InChI=1S/C26H32N4O4S/c1-3-19(2)20-8-10-22(11-9-20)35(33,34)29-16-14-28(15-17-29)18-30-24(31)26(27-25(30)32)13-12-21-6-4-5-7-23(21)26/h4-11,19H,3,12-18H2,1-2H3,(H,27,32)/t19-,26+/m1/s1. The summed E-state index contributed by atoms with van der Waals surface area (Å²) < 4.78 is 27.8. The van der Waals surface area contributed by atoms with E-state index in [0.717, 1.165) is 29.5 Å². The highest BCUT2D eigenvalue weighted by atomic mass is 32.2. The van der Waals surface area contributed by atoms with Gasteiger partial charge in [-0.2, -0.15) is 4.31 Å². The van der Waals surface area contributed by atoms with Crippen LogP contribution in [0.25, 0.3) is 0 Å². The number of benzene rings is 2. The van der Waals surface area contributed by atoms with Gasteiger partial charge in [-0.25, -0.2) is 18.1 Å². The van der Waals surface area contributed by atoms with E-state index < -0.39 is 15.6 Å². The van der Waals surface area contributed by atoms with Crippen LogP contribution in [-0.2, 0) is 26.8 Å². The Labute approximate surface area is 206 Å². The number of nitrogens with zero attached hydrogens (tertiary/aromatic N) is 3. The van der Waals surface area contributed by atoms with Gasteiger partial charge in [-0.3, -0.25) is 9.69 Å². The van der Waals surface area contributed by atoms with E-state index in [-0.39, 0.29) is 18.6 Å². The van der Waals surface area contributed by atoms with Crippen LogP contribution in [0.1, 0.15) is 49.3 Å². The maximum Gasteiger partial charge on any atom is 0.326 e. The number of hydrogen-bond donors (Lipinski definition) is 1. The highest BCUT2D eigenvalue weighted by Gasteiger charge is 2.55. The first-order chi connectivity index (χ1) is 16.8. The van der Waals surface area contributed by atoms with Gasteiger partial charge >= 0.3 is 6.03 Å². The van der Waals surface area contributed by atoms with Crippen LogP contribution >= 0.6 is 0 Å². The van der Waals surface area contributed by atoms with Crippen LogP contribution in [0.2, 0.25) is 0 Å². The van der Waals surface area contributed by atoms with E-state index in [0.29, 0.717) is 43.4 Å². The summed E-state index contributed by atoms with van der Waals surface area (Å²) >= 11 is 0. The summed E-state index contributed by atoms with van der Waals surface area (Å²) in [6.45, 7) is 5.92. The molecular weight excluding hydrogens is 464 g/mol. The minimum Gasteiger partial charge on any atom is -0.319 e. The Balaban J connectivity index is 1.23. The molecule has 5 rings (SSSR count). The Kier molecular flexibility index (Phi) is 6.19. The lowest BCUT2D eigenvalue weighted by Gasteiger charge is -2.35. The van der Waals surface area contributed by atoms with Crippen molar-refractivity contribution >= 4 is 22.0 Å². The maximum atomic E-state index is 13.4. The monoisotopic (exact) mass is 496 g/mol. The molecule has 0 radical (unpaired) electrons. The number of aryl methyl sites for hydroxylation is 1. The lowest BCUT2D eigenvalue weighted by atomic mass is 9.92. The maximum absolute atomic E-state index is 13.4. The molecule has 1 N–H and O–H groups in total. The largest absolute Gasteiger partial charge is 0.326 e. The topological polar surface area (TPSA) is 90.0 Å². The lowest BCUT2D eigenvalue weighted by Crippen LogP contribution is -2.52. The Morgan fingerprint density at radius 1 is 1.00 bits per heavy atom. The zero-order valence-corrected chi connectivity index (χ0v) is 21.1. The molecule has 0 bridgehead atoms. The molecule has 3 amide bonds. The molecule has 2 fully saturated rings. The second-order valence-corrected chi connectivity index (χ2v) is 11.7. The molecule has 0 aromatic heterocycles. The molecule has 8 nitrogen and oxygen atoms in total. The van der Waals surface area contributed by atoms with Gasteiger partial charge < -0.3 is 5.32 Å². The van der Waals surface area contributed by atoms with E-state index in [2.05, 4.69) is 19.2 Å². The third kappa shape index (κ3) is 4.05. The zero-order chi connectivity index (χ0) is 24.8. The molecule has 186 valence electrons. The van der Waals surface area contributed by atoms with Gasteiger partial charge in [0.2, 0.25) is 10.0 Å². The average molecular weight is 497 g/mol. The predicted octanol–water partition coefficient (Wildman–Crippen LogP) is 2.86. The molecule has 2 saturated heterocycles. The SMILES string of the molecule is CC[C@@H](C)c1ccc(S(=O)(=O)N2CCN(CN3C(=O)N[C@]4(CCc5ccccc54)C3=O)CC2)cc1.